The summed E-state index contributed by atoms with van der Waals surface area (Å²) in [5.41, 5.74) is 1.80. The second-order valence-corrected chi connectivity index (χ2v) is 6.03. The summed E-state index contributed by atoms with van der Waals surface area (Å²) in [6.07, 6.45) is 4.46. The molecule has 0 bridgehead atoms. The van der Waals surface area contributed by atoms with Crippen LogP contribution in [-0.4, -0.2) is 17.5 Å². The quantitative estimate of drug-likeness (QED) is 0.848. The smallest absolute Gasteiger partial charge is 0.248 e. The molecule has 2 atom stereocenters. The molecule has 2 unspecified atom stereocenters. The van der Waals surface area contributed by atoms with Crippen molar-refractivity contribution in [3.05, 3.63) is 16.6 Å². The van der Waals surface area contributed by atoms with Crippen molar-refractivity contribution in [2.75, 3.05) is 6.54 Å². The second-order valence-electron chi connectivity index (χ2n) is 5.11. The van der Waals surface area contributed by atoms with Gasteiger partial charge in [-0.2, -0.15) is 0 Å². The van der Waals surface area contributed by atoms with E-state index in [0.29, 0.717) is 6.42 Å². The first-order valence-corrected chi connectivity index (χ1v) is 7.48. The molecule has 1 aliphatic rings. The molecule has 1 saturated carbocycles. The third-order valence-electron chi connectivity index (χ3n) is 3.51. The number of thiazole rings is 1. The van der Waals surface area contributed by atoms with Gasteiger partial charge in [-0.3, -0.25) is 4.98 Å². The molecule has 2 rings (SSSR count). The number of alkyl halides is 2. The highest BCUT2D eigenvalue weighted by molar-refractivity contribution is 7.09. The molecular weight excluding hydrogens is 254 g/mol. The van der Waals surface area contributed by atoms with E-state index in [-0.39, 0.29) is 24.8 Å². The standard InChI is InChI=1S/C13H20F2N2S/c1-2-5-17-11(12-8-16-9-18-12)6-10-3-4-13(14,15)7-10/h8-11,17H,2-7H2,1H3. The third-order valence-corrected chi connectivity index (χ3v) is 4.40. The van der Waals surface area contributed by atoms with Crippen LogP contribution in [0.25, 0.3) is 0 Å². The Kier molecular flexibility index (Phi) is 4.67. The van der Waals surface area contributed by atoms with Gasteiger partial charge in [0.25, 0.3) is 0 Å². The van der Waals surface area contributed by atoms with E-state index >= 15 is 0 Å². The number of nitrogens with zero attached hydrogens (tertiary/aromatic N) is 1. The molecule has 0 spiro atoms. The summed E-state index contributed by atoms with van der Waals surface area (Å²) >= 11 is 1.60. The van der Waals surface area contributed by atoms with Gasteiger partial charge >= 0.3 is 0 Å². The molecule has 102 valence electrons. The molecule has 5 heteroatoms. The highest BCUT2D eigenvalue weighted by Crippen LogP contribution is 2.42. The Labute approximate surface area is 111 Å². The summed E-state index contributed by atoms with van der Waals surface area (Å²) in [5.74, 6) is -2.30. The Bertz CT molecular complexity index is 354. The summed E-state index contributed by atoms with van der Waals surface area (Å²) in [4.78, 5) is 5.25. The normalized spacial score (nSPS) is 24.3. The van der Waals surface area contributed by atoms with Gasteiger partial charge < -0.3 is 5.32 Å². The van der Waals surface area contributed by atoms with Crippen LogP contribution in [0, 0.1) is 5.92 Å². The van der Waals surface area contributed by atoms with E-state index < -0.39 is 5.92 Å². The van der Waals surface area contributed by atoms with Gasteiger partial charge in [-0.1, -0.05) is 6.92 Å². The average Bonchev–Trinajstić information content (AvgIpc) is 2.94. The minimum absolute atomic E-state index is 0.0517. The number of hydrogen-bond donors (Lipinski definition) is 1. The number of halogens is 2. The highest BCUT2D eigenvalue weighted by atomic mass is 32.1. The zero-order valence-electron chi connectivity index (χ0n) is 10.7. The van der Waals surface area contributed by atoms with Crippen molar-refractivity contribution in [3.8, 4) is 0 Å². The summed E-state index contributed by atoms with van der Waals surface area (Å²) in [6, 6.07) is 0.191. The lowest BCUT2D eigenvalue weighted by molar-refractivity contribution is 0.00432. The lowest BCUT2D eigenvalue weighted by Gasteiger charge is -2.20. The molecule has 1 N–H and O–H groups in total. The summed E-state index contributed by atoms with van der Waals surface area (Å²) in [5, 5.41) is 3.45. The summed E-state index contributed by atoms with van der Waals surface area (Å²) < 4.78 is 26.4. The maximum absolute atomic E-state index is 13.2. The average molecular weight is 274 g/mol. The predicted molar refractivity (Wildman–Crippen MR) is 70.1 cm³/mol. The number of aromatic nitrogens is 1. The lowest BCUT2D eigenvalue weighted by Crippen LogP contribution is -2.23. The Morgan fingerprint density at radius 2 is 2.44 bits per heavy atom. The summed E-state index contributed by atoms with van der Waals surface area (Å²) in [6.45, 7) is 3.03. The highest BCUT2D eigenvalue weighted by Gasteiger charge is 2.40. The molecule has 0 radical (unpaired) electrons. The van der Waals surface area contributed by atoms with Gasteiger partial charge in [0.1, 0.15) is 0 Å². The van der Waals surface area contributed by atoms with Crippen LogP contribution in [0.3, 0.4) is 0 Å². The Morgan fingerprint density at radius 1 is 1.61 bits per heavy atom. The first-order chi connectivity index (χ1) is 8.61. The lowest BCUT2D eigenvalue weighted by atomic mass is 9.97. The molecule has 18 heavy (non-hydrogen) atoms. The second kappa shape index (κ2) is 6.06. The minimum Gasteiger partial charge on any atom is -0.309 e. The van der Waals surface area contributed by atoms with Crippen molar-refractivity contribution in [2.45, 2.75) is 51.0 Å². The molecule has 1 fully saturated rings. The van der Waals surface area contributed by atoms with Crippen LogP contribution in [0.1, 0.15) is 49.9 Å². The SMILES string of the molecule is CCCNC(CC1CCC(F)(F)C1)c1cncs1. The number of rotatable bonds is 6. The zero-order valence-corrected chi connectivity index (χ0v) is 11.5. The van der Waals surface area contributed by atoms with Crippen LogP contribution in [0.15, 0.2) is 11.7 Å². The van der Waals surface area contributed by atoms with Gasteiger partial charge in [-0.25, -0.2) is 8.78 Å². The third kappa shape index (κ3) is 3.72. The molecule has 1 aromatic heterocycles. The molecule has 2 nitrogen and oxygen atoms in total. The van der Waals surface area contributed by atoms with Crippen molar-refractivity contribution in [2.24, 2.45) is 5.92 Å². The number of hydrogen-bond acceptors (Lipinski definition) is 3. The molecule has 0 amide bonds. The summed E-state index contributed by atoms with van der Waals surface area (Å²) in [7, 11) is 0. The molecule has 1 aliphatic carbocycles. The van der Waals surface area contributed by atoms with Gasteiger partial charge in [0.15, 0.2) is 0 Å². The first-order valence-electron chi connectivity index (χ1n) is 6.60. The molecule has 0 aliphatic heterocycles. The fourth-order valence-electron chi connectivity index (χ4n) is 2.59. The Morgan fingerprint density at radius 3 is 3.00 bits per heavy atom. The van der Waals surface area contributed by atoms with E-state index in [1.165, 1.54) is 4.88 Å². The van der Waals surface area contributed by atoms with Crippen molar-refractivity contribution >= 4 is 11.3 Å². The van der Waals surface area contributed by atoms with Gasteiger partial charge in [-0.05, 0) is 31.7 Å². The zero-order chi connectivity index (χ0) is 13.0. The molecule has 0 saturated heterocycles. The van der Waals surface area contributed by atoms with E-state index in [1.54, 1.807) is 16.8 Å². The van der Waals surface area contributed by atoms with Crippen LogP contribution in [0.5, 0.6) is 0 Å². The molecule has 1 heterocycles. The first kappa shape index (κ1) is 13.9. The van der Waals surface area contributed by atoms with E-state index in [4.69, 9.17) is 0 Å². The maximum atomic E-state index is 13.2. The van der Waals surface area contributed by atoms with Crippen LogP contribution in [0.2, 0.25) is 0 Å². The number of nitrogens with one attached hydrogen (secondary N) is 1. The van der Waals surface area contributed by atoms with Crippen LogP contribution < -0.4 is 5.32 Å². The van der Waals surface area contributed by atoms with Gasteiger partial charge in [-0.15, -0.1) is 11.3 Å². The largest absolute Gasteiger partial charge is 0.309 e. The molecular formula is C13H20F2N2S. The van der Waals surface area contributed by atoms with E-state index in [0.717, 1.165) is 19.4 Å². The fraction of sp³-hybridized carbons (Fsp3) is 0.769. The van der Waals surface area contributed by atoms with E-state index in [1.807, 2.05) is 6.20 Å². The van der Waals surface area contributed by atoms with Crippen LogP contribution in [0.4, 0.5) is 8.78 Å². The van der Waals surface area contributed by atoms with Crippen LogP contribution in [-0.2, 0) is 0 Å². The van der Waals surface area contributed by atoms with E-state index in [9.17, 15) is 8.78 Å². The maximum Gasteiger partial charge on any atom is 0.248 e. The van der Waals surface area contributed by atoms with Crippen molar-refractivity contribution in [1.29, 1.82) is 0 Å². The van der Waals surface area contributed by atoms with Gasteiger partial charge in [0.2, 0.25) is 5.92 Å². The van der Waals surface area contributed by atoms with Crippen molar-refractivity contribution in [3.63, 3.8) is 0 Å². The monoisotopic (exact) mass is 274 g/mol. The predicted octanol–water partition coefficient (Wildman–Crippen LogP) is 4.01. The van der Waals surface area contributed by atoms with Gasteiger partial charge in [0.05, 0.1) is 5.51 Å². The van der Waals surface area contributed by atoms with Gasteiger partial charge in [0, 0.05) is 30.0 Å². The van der Waals surface area contributed by atoms with Crippen molar-refractivity contribution in [1.82, 2.24) is 10.3 Å². The molecule has 1 aromatic rings. The van der Waals surface area contributed by atoms with E-state index in [2.05, 4.69) is 17.2 Å². The Balaban J connectivity index is 1.93. The minimum atomic E-state index is -2.44. The van der Waals surface area contributed by atoms with Crippen LogP contribution >= 0.6 is 11.3 Å². The topological polar surface area (TPSA) is 24.9 Å². The Hall–Kier alpha value is -0.550. The fourth-order valence-corrected chi connectivity index (χ4v) is 3.30. The molecule has 0 aromatic carbocycles. The van der Waals surface area contributed by atoms with Crippen molar-refractivity contribution < 1.29 is 8.78 Å².